The molecule has 3 nitrogen and oxygen atoms in total. The van der Waals surface area contributed by atoms with Crippen LogP contribution >= 0.6 is 7.14 Å². The van der Waals surface area contributed by atoms with Crippen LogP contribution in [0, 0.1) is 39.4 Å². The number of carbonyl (C=O) groups excluding carboxylic acids is 2. The van der Waals surface area contributed by atoms with Gasteiger partial charge in [-0.05, 0) is 80.6 Å². The lowest BCUT2D eigenvalue weighted by molar-refractivity contribution is -0.153. The molecular formula is C33H50F3O3P. The van der Waals surface area contributed by atoms with Crippen molar-refractivity contribution >= 4 is 18.7 Å². The van der Waals surface area contributed by atoms with Gasteiger partial charge in [-0.1, -0.05) is 79.4 Å². The minimum Gasteiger partial charge on any atom is -0.324 e. The van der Waals surface area contributed by atoms with E-state index in [1.165, 1.54) is 6.08 Å². The number of carbonyl (C=O) groups is 2. The summed E-state index contributed by atoms with van der Waals surface area (Å²) in [5.74, 6) is -1.52. The molecule has 7 heteroatoms. The number of hydrogen-bond acceptors (Lipinski definition) is 3. The zero-order valence-electron chi connectivity index (χ0n) is 26.1. The molecule has 0 radical (unpaired) electrons. The molecule has 7 atom stereocenters. The lowest BCUT2D eigenvalue weighted by Gasteiger charge is -2.68. The molecule has 0 saturated heterocycles. The average Bonchev–Trinajstić information content (AvgIpc) is 2.81. The maximum atomic E-state index is 14.4. The molecule has 0 bridgehead atoms. The van der Waals surface area contributed by atoms with Gasteiger partial charge >= 0.3 is 6.18 Å². The molecule has 0 aliphatic heterocycles. The van der Waals surface area contributed by atoms with Gasteiger partial charge in [-0.25, -0.2) is 0 Å². The van der Waals surface area contributed by atoms with Crippen LogP contribution in [-0.2, 0) is 14.2 Å². The quantitative estimate of drug-likeness (QED) is 0.293. The van der Waals surface area contributed by atoms with Gasteiger partial charge in [-0.15, -0.1) is 0 Å². The summed E-state index contributed by atoms with van der Waals surface area (Å²) in [5, 5.41) is -0.399. The SMILES string of the molecule is CCCC[C@]1(P(C)(C)=O)CC[C@]2(C)[C@H](C(=O)C=C3[C@@]4(C)C=C(C(F)(F)F)C(=O)C(C)(C)[C@@H]4CC[C@]32C)[C@@H]1CCC. The summed E-state index contributed by atoms with van der Waals surface area (Å²) in [4.78, 5) is 27.6. The Kier molecular flexibility index (Phi) is 7.69. The first-order valence-electron chi connectivity index (χ1n) is 15.4. The lowest BCUT2D eigenvalue weighted by atomic mass is 9.36. The maximum absolute atomic E-state index is 14.4. The Bertz CT molecular complexity index is 1190. The number of rotatable bonds is 6. The normalized spacial score (nSPS) is 41.5. The summed E-state index contributed by atoms with van der Waals surface area (Å²) in [7, 11) is -2.60. The van der Waals surface area contributed by atoms with E-state index in [9.17, 15) is 27.3 Å². The van der Waals surface area contributed by atoms with Crippen molar-refractivity contribution < 1.29 is 27.3 Å². The summed E-state index contributed by atoms with van der Waals surface area (Å²) in [5.41, 5.74) is -3.53. The van der Waals surface area contributed by atoms with E-state index in [0.717, 1.165) is 56.9 Å². The van der Waals surface area contributed by atoms with Crippen LogP contribution in [0.3, 0.4) is 0 Å². The third-order valence-corrected chi connectivity index (χ3v) is 15.6. The van der Waals surface area contributed by atoms with E-state index in [0.29, 0.717) is 6.42 Å². The standard InChI is InChI=1S/C33H50F3O3P/c1-10-12-15-32(40(8,9)39)18-17-31(7)26(21(32)13-11-2)23(37)19-25-29(5)20-22(33(34,35)36)27(38)28(3,4)24(29)14-16-30(25,31)6/h19-21,24,26H,10-18H2,1-9H3/t21-,24-,26-,29-,30+,31+,32-/m0/s1. The number of fused-ring (bicyclic) bond motifs is 5. The van der Waals surface area contributed by atoms with Crippen molar-refractivity contribution in [3.05, 3.63) is 23.3 Å². The van der Waals surface area contributed by atoms with E-state index in [1.54, 1.807) is 19.9 Å². The molecule has 0 unspecified atom stereocenters. The molecular weight excluding hydrogens is 532 g/mol. The van der Waals surface area contributed by atoms with Crippen LogP contribution in [0.2, 0.25) is 0 Å². The number of ketones is 2. The fourth-order valence-corrected chi connectivity index (χ4v) is 12.8. The van der Waals surface area contributed by atoms with Crippen LogP contribution in [-0.4, -0.2) is 36.2 Å². The van der Waals surface area contributed by atoms with Crippen LogP contribution in [0.15, 0.2) is 23.3 Å². The second-order valence-electron chi connectivity index (χ2n) is 15.1. The molecule has 0 aromatic rings. The Morgan fingerprint density at radius 3 is 2.12 bits per heavy atom. The largest absolute Gasteiger partial charge is 0.419 e. The maximum Gasteiger partial charge on any atom is 0.419 e. The molecule has 4 aliphatic rings. The third-order valence-electron chi connectivity index (χ3n) is 12.6. The van der Waals surface area contributed by atoms with E-state index in [-0.39, 0.29) is 23.5 Å². The number of Topliss-reactive ketones (excluding diaryl/α,β-unsaturated/α-hetero) is 1. The molecule has 40 heavy (non-hydrogen) atoms. The van der Waals surface area contributed by atoms with Crippen molar-refractivity contribution in [1.82, 2.24) is 0 Å². The Labute approximate surface area is 239 Å². The molecule has 0 aromatic carbocycles. The van der Waals surface area contributed by atoms with Crippen LogP contribution in [0.5, 0.6) is 0 Å². The van der Waals surface area contributed by atoms with E-state index in [1.807, 2.05) is 20.3 Å². The number of unbranched alkanes of at least 4 members (excludes halogenated alkanes) is 1. The number of halogens is 3. The van der Waals surface area contributed by atoms with Gasteiger partial charge in [0.15, 0.2) is 11.6 Å². The fourth-order valence-electron chi connectivity index (χ4n) is 10.3. The molecule has 226 valence electrons. The predicted octanol–water partition coefficient (Wildman–Crippen LogP) is 9.40. The van der Waals surface area contributed by atoms with Crippen molar-refractivity contribution in [1.29, 1.82) is 0 Å². The summed E-state index contributed by atoms with van der Waals surface area (Å²) >= 11 is 0. The zero-order chi connectivity index (χ0) is 30.3. The highest BCUT2D eigenvalue weighted by molar-refractivity contribution is 7.64. The predicted molar refractivity (Wildman–Crippen MR) is 156 cm³/mol. The van der Waals surface area contributed by atoms with E-state index >= 15 is 0 Å². The van der Waals surface area contributed by atoms with Crippen molar-refractivity contribution in [3.8, 4) is 0 Å². The average molecular weight is 583 g/mol. The molecule has 0 N–H and O–H groups in total. The summed E-state index contributed by atoms with van der Waals surface area (Å²) in [6.07, 6.45) is 5.50. The second kappa shape index (κ2) is 9.68. The highest BCUT2D eigenvalue weighted by atomic mass is 31.2. The number of alkyl halides is 3. The van der Waals surface area contributed by atoms with E-state index in [4.69, 9.17) is 0 Å². The first-order valence-corrected chi connectivity index (χ1v) is 18.0. The first kappa shape index (κ1) is 31.8. The highest BCUT2D eigenvalue weighted by Gasteiger charge is 2.70. The van der Waals surface area contributed by atoms with Crippen LogP contribution in [0.25, 0.3) is 0 Å². The topological polar surface area (TPSA) is 51.2 Å². The molecule has 0 aromatic heterocycles. The molecule has 4 aliphatic carbocycles. The third kappa shape index (κ3) is 4.15. The Hall–Kier alpha value is -1.16. The van der Waals surface area contributed by atoms with Gasteiger partial charge in [0.1, 0.15) is 0 Å². The van der Waals surface area contributed by atoms with Gasteiger partial charge in [0.2, 0.25) is 0 Å². The van der Waals surface area contributed by atoms with Crippen molar-refractivity contribution in [3.63, 3.8) is 0 Å². The Balaban J connectivity index is 1.96. The molecule has 4 rings (SSSR count). The molecule has 0 spiro atoms. The number of allylic oxidation sites excluding steroid dienone is 4. The van der Waals surface area contributed by atoms with Gasteiger partial charge in [0.25, 0.3) is 0 Å². The second-order valence-corrected chi connectivity index (χ2v) is 18.7. The van der Waals surface area contributed by atoms with Crippen LogP contribution in [0.4, 0.5) is 13.2 Å². The van der Waals surface area contributed by atoms with Crippen LogP contribution < -0.4 is 0 Å². The first-order chi connectivity index (χ1) is 18.2. The Morgan fingerprint density at radius 1 is 0.975 bits per heavy atom. The van der Waals surface area contributed by atoms with Gasteiger partial charge in [-0.3, -0.25) is 9.59 Å². The molecule has 2 saturated carbocycles. The van der Waals surface area contributed by atoms with Gasteiger partial charge < -0.3 is 4.57 Å². The lowest BCUT2D eigenvalue weighted by Crippen LogP contribution is -2.65. The molecule has 2 fully saturated rings. The zero-order valence-corrected chi connectivity index (χ0v) is 27.0. The van der Waals surface area contributed by atoms with E-state index in [2.05, 4.69) is 27.7 Å². The smallest absolute Gasteiger partial charge is 0.324 e. The van der Waals surface area contributed by atoms with Crippen LogP contribution in [0.1, 0.15) is 106 Å². The van der Waals surface area contributed by atoms with Crippen molar-refractivity contribution in [2.45, 2.75) is 118 Å². The monoisotopic (exact) mass is 582 g/mol. The molecule has 0 heterocycles. The van der Waals surface area contributed by atoms with Gasteiger partial charge in [-0.2, -0.15) is 13.2 Å². The fraction of sp³-hybridized carbons (Fsp3) is 0.818. The van der Waals surface area contributed by atoms with Gasteiger partial charge in [0, 0.05) is 21.9 Å². The number of hydrogen-bond donors (Lipinski definition) is 0. The summed E-state index contributed by atoms with van der Waals surface area (Å²) in [6, 6.07) is 0. The van der Waals surface area contributed by atoms with Crippen molar-refractivity contribution in [2.24, 2.45) is 39.4 Å². The Morgan fingerprint density at radius 2 is 1.60 bits per heavy atom. The summed E-state index contributed by atoms with van der Waals surface area (Å²) < 4.78 is 56.8. The highest BCUT2D eigenvalue weighted by Crippen LogP contribution is 2.76. The van der Waals surface area contributed by atoms with E-state index < -0.39 is 51.5 Å². The van der Waals surface area contributed by atoms with Crippen molar-refractivity contribution in [2.75, 3.05) is 13.3 Å². The molecule has 0 amide bonds. The summed E-state index contributed by atoms with van der Waals surface area (Å²) in [6.45, 7) is 17.6. The van der Waals surface area contributed by atoms with Gasteiger partial charge in [0.05, 0.1) is 12.7 Å². The minimum atomic E-state index is -4.75. The minimum absolute atomic E-state index is 0.0130.